The number of carbonyl (C=O) groups excluding carboxylic acids is 3. The van der Waals surface area contributed by atoms with Crippen LogP contribution in [0.2, 0.25) is 5.02 Å². The van der Waals surface area contributed by atoms with Gasteiger partial charge in [0.25, 0.3) is 5.91 Å². The van der Waals surface area contributed by atoms with E-state index in [2.05, 4.69) is 5.32 Å². The highest BCUT2D eigenvalue weighted by molar-refractivity contribution is 6.34. The molecule has 1 saturated heterocycles. The van der Waals surface area contributed by atoms with Gasteiger partial charge >= 0.3 is 0 Å². The molecule has 2 aliphatic heterocycles. The van der Waals surface area contributed by atoms with Gasteiger partial charge in [0.1, 0.15) is 0 Å². The zero-order chi connectivity index (χ0) is 19.7. The molecule has 3 amide bonds. The highest BCUT2D eigenvalue weighted by Crippen LogP contribution is 2.37. The molecule has 4 rings (SSSR count). The van der Waals surface area contributed by atoms with Crippen molar-refractivity contribution >= 4 is 40.7 Å². The number of benzene rings is 2. The number of fused-ring (bicyclic) bond motifs is 1. The number of ether oxygens (including phenoxy) is 2. The van der Waals surface area contributed by atoms with Gasteiger partial charge in [-0.3, -0.25) is 19.3 Å². The second kappa shape index (κ2) is 7.52. The molecule has 28 heavy (non-hydrogen) atoms. The maximum atomic E-state index is 12.6. The van der Waals surface area contributed by atoms with Crippen molar-refractivity contribution in [3.05, 3.63) is 47.0 Å². The lowest BCUT2D eigenvalue weighted by Gasteiger charge is -2.15. The van der Waals surface area contributed by atoms with E-state index in [-0.39, 0.29) is 30.6 Å². The minimum Gasteiger partial charge on any atom is -0.490 e. The van der Waals surface area contributed by atoms with Crippen LogP contribution < -0.4 is 19.7 Å². The van der Waals surface area contributed by atoms with Crippen LogP contribution in [0.4, 0.5) is 11.4 Å². The van der Waals surface area contributed by atoms with Gasteiger partial charge in [0.2, 0.25) is 11.8 Å². The third-order valence-corrected chi connectivity index (χ3v) is 4.84. The number of amides is 3. The van der Waals surface area contributed by atoms with Crippen molar-refractivity contribution < 1.29 is 23.9 Å². The van der Waals surface area contributed by atoms with Gasteiger partial charge in [0.15, 0.2) is 11.5 Å². The van der Waals surface area contributed by atoms with Crippen molar-refractivity contribution in [1.82, 2.24) is 0 Å². The first-order valence-corrected chi connectivity index (χ1v) is 9.27. The van der Waals surface area contributed by atoms with Crippen LogP contribution in [0.3, 0.4) is 0 Å². The van der Waals surface area contributed by atoms with Gasteiger partial charge in [-0.15, -0.1) is 0 Å². The Morgan fingerprint density at radius 2 is 1.57 bits per heavy atom. The minimum absolute atomic E-state index is 0.212. The lowest BCUT2D eigenvalue weighted by molar-refractivity contribution is -0.121. The van der Waals surface area contributed by atoms with Crippen LogP contribution in [0, 0.1) is 0 Å². The summed E-state index contributed by atoms with van der Waals surface area (Å²) in [4.78, 5) is 37.3. The third-order valence-electron chi connectivity index (χ3n) is 4.52. The Morgan fingerprint density at radius 3 is 2.21 bits per heavy atom. The molecule has 2 aliphatic rings. The second-order valence-corrected chi connectivity index (χ2v) is 6.86. The van der Waals surface area contributed by atoms with Crippen LogP contribution in [0.1, 0.15) is 29.6 Å². The molecule has 0 atom stereocenters. The highest BCUT2D eigenvalue weighted by atomic mass is 35.5. The van der Waals surface area contributed by atoms with E-state index in [9.17, 15) is 14.4 Å². The summed E-state index contributed by atoms with van der Waals surface area (Å²) < 4.78 is 11.2. The molecule has 144 valence electrons. The van der Waals surface area contributed by atoms with Gasteiger partial charge in [0, 0.05) is 37.0 Å². The Bertz CT molecular complexity index is 942. The Kier molecular flexibility index (Phi) is 4.92. The maximum Gasteiger partial charge on any atom is 0.255 e. The van der Waals surface area contributed by atoms with Gasteiger partial charge in [0.05, 0.1) is 29.6 Å². The van der Waals surface area contributed by atoms with Gasteiger partial charge < -0.3 is 14.8 Å². The fraction of sp³-hybridized carbons (Fsp3) is 0.250. The van der Waals surface area contributed by atoms with Crippen LogP contribution >= 0.6 is 11.6 Å². The number of carbonyl (C=O) groups is 3. The van der Waals surface area contributed by atoms with E-state index in [1.165, 1.54) is 0 Å². The maximum absolute atomic E-state index is 12.6. The number of hydrogen-bond donors (Lipinski definition) is 1. The quantitative estimate of drug-likeness (QED) is 0.798. The molecule has 0 aliphatic carbocycles. The number of rotatable bonds is 3. The molecule has 0 unspecified atom stereocenters. The standard InChI is InChI=1S/C20H17ClN2O5/c21-14-10-16-17(28-9-1-8-27-16)11-15(14)22-20(26)12-2-4-13(5-3-12)23-18(24)6-7-19(23)25/h2-5,10-11H,1,6-9H2,(H,22,26). The van der Waals surface area contributed by atoms with Gasteiger partial charge in [-0.25, -0.2) is 0 Å². The molecular weight excluding hydrogens is 384 g/mol. The van der Waals surface area contributed by atoms with Crippen LogP contribution in [0.5, 0.6) is 11.5 Å². The Hall–Kier alpha value is -3.06. The number of halogens is 1. The van der Waals surface area contributed by atoms with E-state index in [1.54, 1.807) is 36.4 Å². The van der Waals surface area contributed by atoms with E-state index >= 15 is 0 Å². The summed E-state index contributed by atoms with van der Waals surface area (Å²) in [5.74, 6) is 0.229. The molecule has 0 radical (unpaired) electrons. The lowest BCUT2D eigenvalue weighted by atomic mass is 10.1. The summed E-state index contributed by atoms with van der Waals surface area (Å²) in [5.41, 5.74) is 1.23. The lowest BCUT2D eigenvalue weighted by Crippen LogP contribution is -2.28. The summed E-state index contributed by atoms with van der Waals surface area (Å²) >= 11 is 6.26. The highest BCUT2D eigenvalue weighted by Gasteiger charge is 2.30. The summed E-state index contributed by atoms with van der Waals surface area (Å²) in [6, 6.07) is 9.51. The summed E-state index contributed by atoms with van der Waals surface area (Å²) in [6.45, 7) is 1.07. The fourth-order valence-electron chi connectivity index (χ4n) is 3.10. The average molecular weight is 401 g/mol. The largest absolute Gasteiger partial charge is 0.490 e. The summed E-state index contributed by atoms with van der Waals surface area (Å²) in [6.07, 6.45) is 1.19. The number of imide groups is 1. The smallest absolute Gasteiger partial charge is 0.255 e. The molecule has 0 spiro atoms. The third kappa shape index (κ3) is 3.53. The number of nitrogens with zero attached hydrogens (tertiary/aromatic N) is 1. The van der Waals surface area contributed by atoms with Crippen molar-refractivity contribution in [3.8, 4) is 11.5 Å². The molecule has 2 aromatic carbocycles. The van der Waals surface area contributed by atoms with E-state index in [1.807, 2.05) is 0 Å². The van der Waals surface area contributed by atoms with Crippen LogP contribution in [-0.2, 0) is 9.59 Å². The average Bonchev–Trinajstić information content (AvgIpc) is 2.88. The van der Waals surface area contributed by atoms with Crippen molar-refractivity contribution in [2.24, 2.45) is 0 Å². The molecule has 2 heterocycles. The normalized spacial score (nSPS) is 16.1. The Balaban J connectivity index is 1.52. The molecule has 0 aromatic heterocycles. The van der Waals surface area contributed by atoms with Crippen molar-refractivity contribution in [3.63, 3.8) is 0 Å². The number of nitrogens with one attached hydrogen (secondary N) is 1. The zero-order valence-electron chi connectivity index (χ0n) is 14.9. The predicted molar refractivity (Wildman–Crippen MR) is 103 cm³/mol. The summed E-state index contributed by atoms with van der Waals surface area (Å²) in [7, 11) is 0. The molecule has 7 nitrogen and oxygen atoms in total. The van der Waals surface area contributed by atoms with E-state index in [4.69, 9.17) is 21.1 Å². The second-order valence-electron chi connectivity index (χ2n) is 6.45. The van der Waals surface area contributed by atoms with Gasteiger partial charge in [-0.05, 0) is 24.3 Å². The van der Waals surface area contributed by atoms with E-state index in [0.717, 1.165) is 11.3 Å². The SMILES string of the molecule is O=C(Nc1cc2c(cc1Cl)OCCCO2)c1ccc(N2C(=O)CCC2=O)cc1. The van der Waals surface area contributed by atoms with Crippen LogP contribution in [0.25, 0.3) is 0 Å². The molecule has 0 bridgehead atoms. The molecular formula is C20H17ClN2O5. The molecule has 8 heteroatoms. The van der Waals surface area contributed by atoms with Gasteiger partial charge in [-0.1, -0.05) is 11.6 Å². The topological polar surface area (TPSA) is 84.9 Å². The van der Waals surface area contributed by atoms with Crippen molar-refractivity contribution in [2.75, 3.05) is 23.4 Å². The molecule has 2 aromatic rings. The monoisotopic (exact) mass is 400 g/mol. The van der Waals surface area contributed by atoms with Crippen LogP contribution in [0.15, 0.2) is 36.4 Å². The van der Waals surface area contributed by atoms with Crippen molar-refractivity contribution in [2.45, 2.75) is 19.3 Å². The zero-order valence-corrected chi connectivity index (χ0v) is 15.6. The molecule has 1 fully saturated rings. The first-order valence-electron chi connectivity index (χ1n) is 8.89. The predicted octanol–water partition coefficient (Wildman–Crippen LogP) is 3.41. The van der Waals surface area contributed by atoms with E-state index in [0.29, 0.717) is 46.7 Å². The number of anilines is 2. The fourth-order valence-corrected chi connectivity index (χ4v) is 3.30. The Labute approximate surface area is 166 Å². The van der Waals surface area contributed by atoms with Gasteiger partial charge in [-0.2, -0.15) is 0 Å². The molecule has 1 N–H and O–H groups in total. The Morgan fingerprint density at radius 1 is 0.964 bits per heavy atom. The van der Waals surface area contributed by atoms with Crippen LogP contribution in [-0.4, -0.2) is 30.9 Å². The first kappa shape index (κ1) is 18.3. The first-order chi connectivity index (χ1) is 13.5. The molecule has 0 saturated carbocycles. The number of hydrogen-bond acceptors (Lipinski definition) is 5. The van der Waals surface area contributed by atoms with E-state index < -0.39 is 0 Å². The van der Waals surface area contributed by atoms with Crippen molar-refractivity contribution in [1.29, 1.82) is 0 Å². The summed E-state index contributed by atoms with van der Waals surface area (Å²) in [5, 5.41) is 3.09. The minimum atomic E-state index is -0.373.